The van der Waals surface area contributed by atoms with E-state index in [1.165, 1.54) is 0 Å². The van der Waals surface area contributed by atoms with Gasteiger partial charge in [0.15, 0.2) is 17.3 Å². The monoisotopic (exact) mass is 542 g/mol. The summed E-state index contributed by atoms with van der Waals surface area (Å²) in [6.45, 7) is 3.84. The van der Waals surface area contributed by atoms with Crippen molar-refractivity contribution in [3.8, 4) is 11.5 Å². The second kappa shape index (κ2) is 11.0. The van der Waals surface area contributed by atoms with E-state index in [9.17, 15) is 9.59 Å². The van der Waals surface area contributed by atoms with Gasteiger partial charge >= 0.3 is 0 Å². The molecule has 5 rings (SSSR count). The lowest BCUT2D eigenvalue weighted by Crippen LogP contribution is -2.37. The zero-order valence-corrected chi connectivity index (χ0v) is 23.2. The van der Waals surface area contributed by atoms with E-state index in [4.69, 9.17) is 21.1 Å². The van der Waals surface area contributed by atoms with Crippen molar-refractivity contribution in [2.24, 2.45) is 0 Å². The molecule has 0 saturated carbocycles. The van der Waals surface area contributed by atoms with E-state index in [0.717, 1.165) is 28.1 Å². The Morgan fingerprint density at radius 2 is 1.69 bits per heavy atom. The number of anilines is 1. The molecule has 3 aromatic rings. The lowest BCUT2D eigenvalue weighted by molar-refractivity contribution is -0.116. The molecule has 2 atom stereocenters. The van der Waals surface area contributed by atoms with Gasteiger partial charge in [-0.05, 0) is 73.2 Å². The van der Waals surface area contributed by atoms with E-state index in [1.54, 1.807) is 20.3 Å². The van der Waals surface area contributed by atoms with Crippen LogP contribution in [0.5, 0.6) is 11.5 Å². The summed E-state index contributed by atoms with van der Waals surface area (Å²) in [5, 5.41) is 7.05. The minimum Gasteiger partial charge on any atom is -0.493 e. The highest BCUT2D eigenvalue weighted by Crippen LogP contribution is 2.46. The molecular formula is C32H31ClN2O4. The normalized spacial score (nSPS) is 18.8. The zero-order chi connectivity index (χ0) is 27.7. The first-order valence-electron chi connectivity index (χ1n) is 12.9. The van der Waals surface area contributed by atoms with Crippen LogP contribution in [0, 0.1) is 6.92 Å². The number of aryl methyl sites for hydroxylation is 1. The van der Waals surface area contributed by atoms with E-state index >= 15 is 0 Å². The predicted octanol–water partition coefficient (Wildman–Crippen LogP) is 6.67. The SMILES string of the molecule is COc1ccc([C@H]2CC(=O)C3=C(C2)NC(C)=C(C(=O)Nc2ccccc2C)[C@H]3c2cccc(Cl)c2)cc1OC. The molecule has 0 radical (unpaired) electrons. The number of carbonyl (C=O) groups excluding carboxylic acids is 2. The summed E-state index contributed by atoms with van der Waals surface area (Å²) >= 11 is 6.39. The Kier molecular flexibility index (Phi) is 7.49. The van der Waals surface area contributed by atoms with E-state index in [-0.39, 0.29) is 17.6 Å². The van der Waals surface area contributed by atoms with Crippen LogP contribution in [-0.4, -0.2) is 25.9 Å². The number of rotatable bonds is 6. The van der Waals surface area contributed by atoms with Gasteiger partial charge in [-0.15, -0.1) is 0 Å². The lowest BCUT2D eigenvalue weighted by atomic mass is 9.71. The Bertz CT molecular complexity index is 1520. The van der Waals surface area contributed by atoms with E-state index < -0.39 is 5.92 Å². The first-order valence-corrected chi connectivity index (χ1v) is 13.3. The van der Waals surface area contributed by atoms with E-state index in [0.29, 0.717) is 46.2 Å². The number of allylic oxidation sites excluding steroid dienone is 3. The zero-order valence-electron chi connectivity index (χ0n) is 22.4. The number of dihydropyridines is 1. The molecule has 0 spiro atoms. The first kappa shape index (κ1) is 26.6. The minimum atomic E-state index is -0.539. The molecule has 7 heteroatoms. The maximum absolute atomic E-state index is 13.9. The average Bonchev–Trinajstić information content (AvgIpc) is 2.92. The van der Waals surface area contributed by atoms with Crippen molar-refractivity contribution in [3.05, 3.63) is 111 Å². The molecule has 2 aliphatic rings. The van der Waals surface area contributed by atoms with Crippen LogP contribution >= 0.6 is 11.6 Å². The predicted molar refractivity (Wildman–Crippen MR) is 153 cm³/mol. The Morgan fingerprint density at radius 3 is 2.41 bits per heavy atom. The molecule has 0 unspecified atom stereocenters. The van der Waals surface area contributed by atoms with Gasteiger partial charge in [0.1, 0.15) is 0 Å². The topological polar surface area (TPSA) is 76.7 Å². The molecule has 1 aliphatic carbocycles. The standard InChI is InChI=1S/C32H31ClN2O4/c1-18-8-5-6-11-24(18)35-32(37)29-19(2)34-25-15-22(20-12-13-27(38-3)28(17-20)39-4)16-26(36)31(25)30(29)21-9-7-10-23(33)14-21/h5-14,17,22,30,34H,15-16H2,1-4H3,(H,35,37)/t22-,30-/m1/s1. The van der Waals surface area contributed by atoms with Gasteiger partial charge in [-0.2, -0.15) is 0 Å². The minimum absolute atomic E-state index is 0.00204. The van der Waals surface area contributed by atoms with Crippen LogP contribution in [0.25, 0.3) is 0 Å². The highest BCUT2D eigenvalue weighted by molar-refractivity contribution is 6.30. The van der Waals surface area contributed by atoms with Gasteiger partial charge in [0.25, 0.3) is 5.91 Å². The summed E-state index contributed by atoms with van der Waals surface area (Å²) < 4.78 is 10.9. The van der Waals surface area contributed by atoms with Crippen molar-refractivity contribution in [3.63, 3.8) is 0 Å². The third-order valence-electron chi connectivity index (χ3n) is 7.53. The molecule has 1 aliphatic heterocycles. The number of nitrogens with one attached hydrogen (secondary N) is 2. The van der Waals surface area contributed by atoms with Gasteiger partial charge in [-0.1, -0.05) is 48.0 Å². The third-order valence-corrected chi connectivity index (χ3v) is 7.76. The molecule has 3 aromatic carbocycles. The molecule has 2 N–H and O–H groups in total. The number of carbonyl (C=O) groups is 2. The summed E-state index contributed by atoms with van der Waals surface area (Å²) in [5.41, 5.74) is 6.18. The second-order valence-corrected chi connectivity index (χ2v) is 10.4. The fourth-order valence-electron chi connectivity index (χ4n) is 5.60. The first-order chi connectivity index (χ1) is 18.8. The number of hydrogen-bond donors (Lipinski definition) is 2. The molecule has 200 valence electrons. The van der Waals surface area contributed by atoms with Crippen molar-refractivity contribution >= 4 is 29.0 Å². The number of Topliss-reactive ketones (excluding diaryl/α,β-unsaturated/α-hetero) is 1. The van der Waals surface area contributed by atoms with Gasteiger partial charge in [-0.25, -0.2) is 0 Å². The van der Waals surface area contributed by atoms with Crippen LogP contribution in [-0.2, 0) is 9.59 Å². The van der Waals surface area contributed by atoms with Gasteiger partial charge in [0.2, 0.25) is 0 Å². The highest BCUT2D eigenvalue weighted by atomic mass is 35.5. The van der Waals surface area contributed by atoms with Gasteiger partial charge in [0.05, 0.1) is 14.2 Å². The molecular weight excluding hydrogens is 512 g/mol. The summed E-state index contributed by atoms with van der Waals surface area (Å²) in [6.07, 6.45) is 0.941. The van der Waals surface area contributed by atoms with Crippen LogP contribution in [0.15, 0.2) is 89.3 Å². The molecule has 0 bridgehead atoms. The van der Waals surface area contributed by atoms with Gasteiger partial charge in [-0.3, -0.25) is 9.59 Å². The largest absolute Gasteiger partial charge is 0.493 e. The summed E-state index contributed by atoms with van der Waals surface area (Å²) in [7, 11) is 3.20. The number of methoxy groups -OCH3 is 2. The molecule has 0 saturated heterocycles. The lowest BCUT2D eigenvalue weighted by Gasteiger charge is -2.37. The average molecular weight is 543 g/mol. The fraction of sp³-hybridized carbons (Fsp3) is 0.250. The van der Waals surface area contributed by atoms with Gasteiger partial charge in [0, 0.05) is 45.6 Å². The quantitative estimate of drug-likeness (QED) is 0.364. The molecule has 1 heterocycles. The van der Waals surface area contributed by atoms with Crippen LogP contribution in [0.1, 0.15) is 48.3 Å². The number of benzene rings is 3. The van der Waals surface area contributed by atoms with E-state index in [2.05, 4.69) is 10.6 Å². The third kappa shape index (κ3) is 5.17. The van der Waals surface area contributed by atoms with Crippen molar-refractivity contribution in [2.75, 3.05) is 19.5 Å². The number of ether oxygens (including phenoxy) is 2. The summed E-state index contributed by atoms with van der Waals surface area (Å²) in [4.78, 5) is 27.7. The maximum atomic E-state index is 13.9. The van der Waals surface area contributed by atoms with Crippen molar-refractivity contribution < 1.29 is 19.1 Å². The van der Waals surface area contributed by atoms with Crippen LogP contribution in [0.4, 0.5) is 5.69 Å². The smallest absolute Gasteiger partial charge is 0.254 e. The van der Waals surface area contributed by atoms with Crippen LogP contribution in [0.3, 0.4) is 0 Å². The number of halogens is 1. The maximum Gasteiger partial charge on any atom is 0.254 e. The molecule has 6 nitrogen and oxygen atoms in total. The Hall–Kier alpha value is -4.03. The fourth-order valence-corrected chi connectivity index (χ4v) is 5.80. The number of ketones is 1. The summed E-state index contributed by atoms with van der Waals surface area (Å²) in [6, 6.07) is 20.8. The Labute approximate surface area is 233 Å². The molecule has 1 amide bonds. The Morgan fingerprint density at radius 1 is 0.923 bits per heavy atom. The number of hydrogen-bond acceptors (Lipinski definition) is 5. The second-order valence-electron chi connectivity index (χ2n) is 9.96. The van der Waals surface area contributed by atoms with Gasteiger partial charge < -0.3 is 20.1 Å². The van der Waals surface area contributed by atoms with Crippen LogP contribution in [0.2, 0.25) is 5.02 Å². The highest BCUT2D eigenvalue weighted by Gasteiger charge is 2.41. The molecule has 0 fully saturated rings. The molecule has 0 aromatic heterocycles. The molecule has 39 heavy (non-hydrogen) atoms. The van der Waals surface area contributed by atoms with Crippen molar-refractivity contribution in [1.82, 2.24) is 5.32 Å². The number of para-hydroxylation sites is 1. The van der Waals surface area contributed by atoms with Crippen molar-refractivity contribution in [1.29, 1.82) is 0 Å². The number of amides is 1. The van der Waals surface area contributed by atoms with Crippen molar-refractivity contribution in [2.45, 2.75) is 38.5 Å². The summed E-state index contributed by atoms with van der Waals surface area (Å²) in [5.74, 6) is 0.439. The van der Waals surface area contributed by atoms with E-state index in [1.807, 2.05) is 74.5 Å². The Balaban J connectivity index is 1.55. The van der Waals surface area contributed by atoms with Crippen LogP contribution < -0.4 is 20.1 Å².